The Morgan fingerprint density at radius 3 is 2.21 bits per heavy atom. The Kier molecular flexibility index (Phi) is 7.47. The van der Waals surface area contributed by atoms with Crippen molar-refractivity contribution < 1.29 is 22.7 Å². The van der Waals surface area contributed by atoms with E-state index in [4.69, 9.17) is 9.47 Å². The molecule has 0 saturated carbocycles. The van der Waals surface area contributed by atoms with Gasteiger partial charge in [0.15, 0.2) is 0 Å². The lowest BCUT2D eigenvalue weighted by Gasteiger charge is -2.12. The molecule has 1 N–H and O–H groups in total. The van der Waals surface area contributed by atoms with Gasteiger partial charge in [-0.2, -0.15) is 0 Å². The predicted molar refractivity (Wildman–Crippen MR) is 108 cm³/mol. The lowest BCUT2D eigenvalue weighted by Crippen LogP contribution is -2.30. The summed E-state index contributed by atoms with van der Waals surface area (Å²) in [4.78, 5) is 11.9. The molecule has 2 aromatic carbocycles. The summed E-state index contributed by atoms with van der Waals surface area (Å²) < 4.78 is 35.3. The fourth-order valence-corrected chi connectivity index (χ4v) is 3.04. The standard InChI is InChI=1S/C21H23NO5S/c1-4-5-18(14-21(23)22-28(3,24)25)17-8-12-20(13-9-17)27-15-16-6-10-19(26-2)11-7-16/h6-13,18H,14-15H2,1-3H3,(H,22,23). The molecule has 0 heterocycles. The molecule has 0 bridgehead atoms. The van der Waals surface area contributed by atoms with Crippen molar-refractivity contribution in [3.8, 4) is 23.3 Å². The van der Waals surface area contributed by atoms with Crippen LogP contribution >= 0.6 is 0 Å². The third-order valence-corrected chi connectivity index (χ3v) is 4.45. The number of hydrogen-bond acceptors (Lipinski definition) is 5. The molecule has 1 amide bonds. The molecule has 7 heteroatoms. The number of sulfonamides is 1. The number of nitrogens with one attached hydrogen (secondary N) is 1. The molecule has 0 saturated heterocycles. The molecule has 1 unspecified atom stereocenters. The van der Waals surface area contributed by atoms with Crippen LogP contribution < -0.4 is 14.2 Å². The van der Waals surface area contributed by atoms with E-state index in [1.165, 1.54) is 0 Å². The predicted octanol–water partition coefficient (Wildman–Crippen LogP) is 2.85. The minimum Gasteiger partial charge on any atom is -0.497 e. The topological polar surface area (TPSA) is 81.7 Å². The van der Waals surface area contributed by atoms with E-state index in [0.717, 1.165) is 23.1 Å². The molecule has 0 aromatic heterocycles. The second-order valence-electron chi connectivity index (χ2n) is 6.15. The Labute approximate surface area is 165 Å². The van der Waals surface area contributed by atoms with Gasteiger partial charge in [-0.05, 0) is 42.3 Å². The number of hydrogen-bond donors (Lipinski definition) is 1. The van der Waals surface area contributed by atoms with E-state index in [2.05, 4.69) is 11.8 Å². The number of ether oxygens (including phenoxy) is 2. The highest BCUT2D eigenvalue weighted by molar-refractivity contribution is 7.89. The minimum absolute atomic E-state index is 0.0417. The van der Waals surface area contributed by atoms with Crippen molar-refractivity contribution in [1.82, 2.24) is 4.72 Å². The van der Waals surface area contributed by atoms with Crippen LogP contribution in [0.2, 0.25) is 0 Å². The molecule has 0 aliphatic heterocycles. The van der Waals surface area contributed by atoms with E-state index in [1.54, 1.807) is 26.2 Å². The van der Waals surface area contributed by atoms with Gasteiger partial charge in [0.25, 0.3) is 0 Å². The fourth-order valence-electron chi connectivity index (χ4n) is 2.55. The van der Waals surface area contributed by atoms with Gasteiger partial charge < -0.3 is 9.47 Å². The summed E-state index contributed by atoms with van der Waals surface area (Å²) in [5, 5.41) is 0. The summed E-state index contributed by atoms with van der Waals surface area (Å²) in [5.41, 5.74) is 1.83. The average Bonchev–Trinajstić information content (AvgIpc) is 2.65. The van der Waals surface area contributed by atoms with Crippen LogP contribution in [0, 0.1) is 11.8 Å². The second kappa shape index (κ2) is 9.81. The zero-order valence-corrected chi connectivity index (χ0v) is 16.9. The number of amides is 1. The van der Waals surface area contributed by atoms with Gasteiger partial charge in [0.05, 0.1) is 19.3 Å². The molecule has 0 aliphatic carbocycles. The summed E-state index contributed by atoms with van der Waals surface area (Å²) >= 11 is 0. The Hall–Kier alpha value is -2.98. The summed E-state index contributed by atoms with van der Waals surface area (Å²) in [5.74, 6) is 6.21. The molecule has 0 spiro atoms. The van der Waals surface area contributed by atoms with Crippen LogP contribution in [0.15, 0.2) is 48.5 Å². The number of carbonyl (C=O) groups is 1. The molecule has 6 nitrogen and oxygen atoms in total. The fraction of sp³-hybridized carbons (Fsp3) is 0.286. The van der Waals surface area contributed by atoms with Gasteiger partial charge in [0, 0.05) is 6.42 Å². The van der Waals surface area contributed by atoms with Crippen molar-refractivity contribution in [1.29, 1.82) is 0 Å². The van der Waals surface area contributed by atoms with Crippen LogP contribution in [0.4, 0.5) is 0 Å². The van der Waals surface area contributed by atoms with E-state index in [1.807, 2.05) is 41.1 Å². The first-order chi connectivity index (χ1) is 13.3. The molecule has 148 valence electrons. The third kappa shape index (κ3) is 6.97. The average molecular weight is 401 g/mol. The van der Waals surface area contributed by atoms with Crippen molar-refractivity contribution in [2.75, 3.05) is 13.4 Å². The smallest absolute Gasteiger partial charge is 0.235 e. The summed E-state index contributed by atoms with van der Waals surface area (Å²) in [6.07, 6.45) is 0.903. The zero-order valence-electron chi connectivity index (χ0n) is 16.1. The molecular weight excluding hydrogens is 378 g/mol. The highest BCUT2D eigenvalue weighted by atomic mass is 32.2. The minimum atomic E-state index is -3.59. The maximum atomic E-state index is 11.9. The van der Waals surface area contributed by atoms with Crippen molar-refractivity contribution in [2.24, 2.45) is 0 Å². The highest BCUT2D eigenvalue weighted by Gasteiger charge is 2.16. The van der Waals surface area contributed by atoms with E-state index in [0.29, 0.717) is 12.4 Å². The second-order valence-corrected chi connectivity index (χ2v) is 7.90. The first-order valence-electron chi connectivity index (χ1n) is 8.59. The maximum absolute atomic E-state index is 11.9. The normalized spacial score (nSPS) is 11.7. The van der Waals surface area contributed by atoms with E-state index >= 15 is 0 Å². The molecule has 0 aliphatic rings. The third-order valence-electron chi connectivity index (χ3n) is 3.85. The largest absolute Gasteiger partial charge is 0.497 e. The van der Waals surface area contributed by atoms with Gasteiger partial charge in [-0.25, -0.2) is 8.42 Å². The summed E-state index contributed by atoms with van der Waals surface area (Å²) in [6, 6.07) is 14.9. The van der Waals surface area contributed by atoms with Crippen LogP contribution in [0.1, 0.15) is 30.4 Å². The maximum Gasteiger partial charge on any atom is 0.235 e. The first-order valence-corrected chi connectivity index (χ1v) is 10.5. The number of rotatable bonds is 8. The van der Waals surface area contributed by atoms with Crippen LogP contribution in [0.25, 0.3) is 0 Å². The van der Waals surface area contributed by atoms with Gasteiger partial charge >= 0.3 is 0 Å². The number of methoxy groups -OCH3 is 1. The lowest BCUT2D eigenvalue weighted by atomic mass is 9.96. The Morgan fingerprint density at radius 2 is 1.68 bits per heavy atom. The Morgan fingerprint density at radius 1 is 1.07 bits per heavy atom. The molecule has 28 heavy (non-hydrogen) atoms. The number of carbonyl (C=O) groups excluding carboxylic acids is 1. The molecular formula is C21H23NO5S. The van der Waals surface area contributed by atoms with Gasteiger partial charge in [0.2, 0.25) is 15.9 Å². The summed E-state index contributed by atoms with van der Waals surface area (Å²) in [7, 11) is -1.97. The van der Waals surface area contributed by atoms with Gasteiger partial charge in [0.1, 0.15) is 18.1 Å². The van der Waals surface area contributed by atoms with Crippen molar-refractivity contribution in [3.63, 3.8) is 0 Å². The summed E-state index contributed by atoms with van der Waals surface area (Å²) in [6.45, 7) is 2.09. The van der Waals surface area contributed by atoms with Crippen LogP contribution in [-0.2, 0) is 21.4 Å². The van der Waals surface area contributed by atoms with Crippen molar-refractivity contribution in [2.45, 2.75) is 25.9 Å². The zero-order chi connectivity index (χ0) is 20.6. The Bertz CT molecular complexity index is 955. The monoisotopic (exact) mass is 401 g/mol. The van der Waals surface area contributed by atoms with Crippen molar-refractivity contribution >= 4 is 15.9 Å². The highest BCUT2D eigenvalue weighted by Crippen LogP contribution is 2.23. The van der Waals surface area contributed by atoms with Crippen LogP contribution in [0.5, 0.6) is 11.5 Å². The van der Waals surface area contributed by atoms with Crippen molar-refractivity contribution in [3.05, 3.63) is 59.7 Å². The van der Waals surface area contributed by atoms with Gasteiger partial charge in [-0.15, -0.1) is 5.92 Å². The van der Waals surface area contributed by atoms with E-state index in [-0.39, 0.29) is 6.42 Å². The molecule has 2 rings (SSSR count). The van der Waals surface area contributed by atoms with E-state index < -0.39 is 21.8 Å². The van der Waals surface area contributed by atoms with Gasteiger partial charge in [-0.1, -0.05) is 30.2 Å². The molecule has 0 fully saturated rings. The van der Waals surface area contributed by atoms with E-state index in [9.17, 15) is 13.2 Å². The quantitative estimate of drug-likeness (QED) is 0.688. The SMILES string of the molecule is CC#CC(CC(=O)NS(C)(=O)=O)c1ccc(OCc2ccc(OC)cc2)cc1. The molecule has 1 atom stereocenters. The molecule has 2 aromatic rings. The van der Waals surface area contributed by atoms with Crippen LogP contribution in [0.3, 0.4) is 0 Å². The first kappa shape index (κ1) is 21.3. The Balaban J connectivity index is 2.01. The van der Waals surface area contributed by atoms with Gasteiger partial charge in [-0.3, -0.25) is 9.52 Å². The lowest BCUT2D eigenvalue weighted by molar-refractivity contribution is -0.119. The molecule has 0 radical (unpaired) electrons. The number of benzene rings is 2. The van der Waals surface area contributed by atoms with Crippen LogP contribution in [-0.4, -0.2) is 27.7 Å².